The Hall–Kier alpha value is -3.65. The number of thiophene rings is 1. The van der Waals surface area contributed by atoms with E-state index < -0.39 is 11.6 Å². The normalized spacial score (nSPS) is 12.3. The summed E-state index contributed by atoms with van der Waals surface area (Å²) in [5.41, 5.74) is 1.62. The molecule has 0 saturated carbocycles. The van der Waals surface area contributed by atoms with Crippen LogP contribution in [-0.2, 0) is 4.79 Å². The molecule has 0 bridgehead atoms. The van der Waals surface area contributed by atoms with Gasteiger partial charge in [0.1, 0.15) is 6.04 Å². The number of anilines is 1. The zero-order valence-corrected chi connectivity index (χ0v) is 18.9. The van der Waals surface area contributed by atoms with Crippen molar-refractivity contribution < 1.29 is 14.0 Å². The molecule has 3 aromatic heterocycles. The summed E-state index contributed by atoms with van der Waals surface area (Å²) in [6.45, 7) is 5.72. The number of benzene rings is 1. The molecule has 3 heterocycles. The zero-order chi connectivity index (χ0) is 22.7. The Morgan fingerprint density at radius 2 is 1.94 bits per heavy atom. The first-order valence-corrected chi connectivity index (χ1v) is 11.0. The first-order valence-electron chi connectivity index (χ1n) is 10.1. The van der Waals surface area contributed by atoms with Crippen LogP contribution in [0.4, 0.5) is 5.69 Å². The maximum absolute atomic E-state index is 13.6. The van der Waals surface area contributed by atoms with E-state index in [4.69, 9.17) is 4.42 Å². The molecule has 1 unspecified atom stereocenters. The molecule has 0 saturated heterocycles. The van der Waals surface area contributed by atoms with Crippen LogP contribution in [0, 0.1) is 0 Å². The molecule has 0 fully saturated rings. The van der Waals surface area contributed by atoms with Gasteiger partial charge in [0.25, 0.3) is 5.91 Å². The molecule has 32 heavy (non-hydrogen) atoms. The van der Waals surface area contributed by atoms with E-state index in [0.717, 1.165) is 5.69 Å². The molecule has 4 rings (SSSR count). The molecule has 4 aromatic rings. The van der Waals surface area contributed by atoms with Crippen LogP contribution in [0.5, 0.6) is 0 Å². The average molecular weight is 449 g/mol. The zero-order valence-electron chi connectivity index (χ0n) is 18.1. The number of amides is 2. The lowest BCUT2D eigenvalue weighted by atomic mass is 10.0. The average Bonchev–Trinajstić information content (AvgIpc) is 3.53. The lowest BCUT2D eigenvalue weighted by Crippen LogP contribution is -2.49. The number of hydrogen-bond donors (Lipinski definition) is 1. The van der Waals surface area contributed by atoms with Crippen LogP contribution in [0.2, 0.25) is 0 Å². The molecular weight excluding hydrogens is 424 g/mol. The largest absolute Gasteiger partial charge is 0.472 e. The van der Waals surface area contributed by atoms with Gasteiger partial charge in [-0.25, -0.2) is 4.98 Å². The lowest BCUT2D eigenvalue weighted by molar-refractivity contribution is -0.123. The van der Waals surface area contributed by atoms with E-state index in [9.17, 15) is 9.59 Å². The minimum Gasteiger partial charge on any atom is -0.472 e. The third kappa shape index (κ3) is 4.65. The molecule has 1 N–H and O–H groups in total. The van der Waals surface area contributed by atoms with Gasteiger partial charge in [0.05, 0.1) is 23.7 Å². The van der Waals surface area contributed by atoms with E-state index in [-0.39, 0.29) is 11.8 Å². The summed E-state index contributed by atoms with van der Waals surface area (Å²) in [5, 5.41) is 4.85. The van der Waals surface area contributed by atoms with E-state index >= 15 is 0 Å². The highest BCUT2D eigenvalue weighted by atomic mass is 32.1. The Kier molecular flexibility index (Phi) is 5.96. The van der Waals surface area contributed by atoms with E-state index in [2.05, 4.69) is 10.3 Å². The number of furan rings is 1. The van der Waals surface area contributed by atoms with E-state index in [0.29, 0.717) is 16.1 Å². The fraction of sp³-hybridized carbons (Fsp3) is 0.208. The lowest BCUT2D eigenvalue weighted by Gasteiger charge is -2.33. The van der Waals surface area contributed by atoms with Crippen LogP contribution in [-0.4, -0.2) is 26.9 Å². The summed E-state index contributed by atoms with van der Waals surface area (Å²) >= 11 is 1.34. The molecular formula is C24H24N4O3S. The van der Waals surface area contributed by atoms with Gasteiger partial charge in [0, 0.05) is 34.9 Å². The third-order valence-electron chi connectivity index (χ3n) is 4.74. The fourth-order valence-corrected chi connectivity index (χ4v) is 4.05. The van der Waals surface area contributed by atoms with Crippen LogP contribution in [0.25, 0.3) is 5.69 Å². The monoisotopic (exact) mass is 448 g/mol. The SMILES string of the molecule is CC(C)(C)NC(=O)C(c1ccoc1)N(C(=O)c1cccs1)c1ccc(-n2ccnc2)cc1. The molecule has 0 spiro atoms. The highest BCUT2D eigenvalue weighted by molar-refractivity contribution is 7.12. The Balaban J connectivity index is 1.80. The van der Waals surface area contributed by atoms with Crippen molar-refractivity contribution in [3.8, 4) is 5.69 Å². The topological polar surface area (TPSA) is 80.4 Å². The van der Waals surface area contributed by atoms with Gasteiger partial charge in [-0.05, 0) is 62.5 Å². The predicted molar refractivity (Wildman–Crippen MR) is 124 cm³/mol. The van der Waals surface area contributed by atoms with Crippen molar-refractivity contribution in [1.29, 1.82) is 0 Å². The smallest absolute Gasteiger partial charge is 0.269 e. The van der Waals surface area contributed by atoms with Gasteiger partial charge in [-0.2, -0.15) is 0 Å². The number of nitrogens with zero attached hydrogens (tertiary/aromatic N) is 3. The van der Waals surface area contributed by atoms with Crippen molar-refractivity contribution in [3.05, 3.63) is 89.5 Å². The van der Waals surface area contributed by atoms with Crippen molar-refractivity contribution in [2.24, 2.45) is 0 Å². The molecule has 0 aliphatic rings. The summed E-state index contributed by atoms with van der Waals surface area (Å²) in [4.78, 5) is 33.2. The molecule has 8 heteroatoms. The summed E-state index contributed by atoms with van der Waals surface area (Å²) in [6, 6.07) is 11.8. The van der Waals surface area contributed by atoms with Crippen LogP contribution < -0.4 is 10.2 Å². The van der Waals surface area contributed by atoms with Crippen LogP contribution >= 0.6 is 11.3 Å². The number of aromatic nitrogens is 2. The highest BCUT2D eigenvalue weighted by Gasteiger charge is 2.35. The maximum Gasteiger partial charge on any atom is 0.269 e. The quantitative estimate of drug-likeness (QED) is 0.458. The molecule has 0 aliphatic carbocycles. The third-order valence-corrected chi connectivity index (χ3v) is 5.60. The number of carbonyl (C=O) groups is 2. The number of carbonyl (C=O) groups excluding carboxylic acids is 2. The van der Waals surface area contributed by atoms with Gasteiger partial charge < -0.3 is 14.3 Å². The molecule has 0 aliphatic heterocycles. The van der Waals surface area contributed by atoms with E-state index in [1.807, 2.05) is 67.2 Å². The Bertz CT molecular complexity index is 1160. The van der Waals surface area contributed by atoms with Gasteiger partial charge in [0.2, 0.25) is 5.91 Å². The van der Waals surface area contributed by atoms with Crippen molar-refractivity contribution >= 4 is 28.8 Å². The van der Waals surface area contributed by atoms with Crippen molar-refractivity contribution in [2.75, 3.05) is 4.90 Å². The number of nitrogens with one attached hydrogen (secondary N) is 1. The van der Waals surface area contributed by atoms with Gasteiger partial charge in [-0.3, -0.25) is 14.5 Å². The van der Waals surface area contributed by atoms with E-state index in [1.165, 1.54) is 28.8 Å². The summed E-state index contributed by atoms with van der Waals surface area (Å²) in [5.74, 6) is -0.548. The number of imidazole rings is 1. The molecule has 164 valence electrons. The molecule has 7 nitrogen and oxygen atoms in total. The first-order chi connectivity index (χ1) is 15.3. The van der Waals surface area contributed by atoms with Crippen molar-refractivity contribution in [2.45, 2.75) is 32.4 Å². The highest BCUT2D eigenvalue weighted by Crippen LogP contribution is 2.32. The molecule has 2 amide bonds. The van der Waals surface area contributed by atoms with Crippen molar-refractivity contribution in [3.63, 3.8) is 0 Å². The van der Waals surface area contributed by atoms with Gasteiger partial charge in [-0.1, -0.05) is 6.07 Å². The summed E-state index contributed by atoms with van der Waals surface area (Å²) in [6.07, 6.45) is 8.25. The first kappa shape index (κ1) is 21.6. The van der Waals surface area contributed by atoms with Gasteiger partial charge in [-0.15, -0.1) is 11.3 Å². The molecule has 0 radical (unpaired) electrons. The molecule has 1 aromatic carbocycles. The summed E-state index contributed by atoms with van der Waals surface area (Å²) in [7, 11) is 0. The van der Waals surface area contributed by atoms with Crippen LogP contribution in [0.3, 0.4) is 0 Å². The predicted octanol–water partition coefficient (Wildman–Crippen LogP) is 4.83. The van der Waals surface area contributed by atoms with Crippen molar-refractivity contribution in [1.82, 2.24) is 14.9 Å². The second kappa shape index (κ2) is 8.84. The Morgan fingerprint density at radius 3 is 2.50 bits per heavy atom. The van der Waals surface area contributed by atoms with E-state index in [1.54, 1.807) is 24.7 Å². The maximum atomic E-state index is 13.6. The number of hydrogen-bond acceptors (Lipinski definition) is 5. The van der Waals surface area contributed by atoms with Gasteiger partial charge in [0.15, 0.2) is 0 Å². The molecule has 1 atom stereocenters. The second-order valence-electron chi connectivity index (χ2n) is 8.34. The second-order valence-corrected chi connectivity index (χ2v) is 9.28. The Labute approximate surface area is 190 Å². The summed E-state index contributed by atoms with van der Waals surface area (Å²) < 4.78 is 7.14. The minimum absolute atomic E-state index is 0.259. The van der Waals surface area contributed by atoms with Crippen LogP contribution in [0.1, 0.15) is 42.0 Å². The van der Waals surface area contributed by atoms with Crippen LogP contribution in [0.15, 0.2) is 83.5 Å². The van der Waals surface area contributed by atoms with Gasteiger partial charge >= 0.3 is 0 Å². The number of rotatable bonds is 6. The fourth-order valence-electron chi connectivity index (χ4n) is 3.39. The minimum atomic E-state index is -0.901. The Morgan fingerprint density at radius 1 is 1.16 bits per heavy atom. The standard InChI is InChI=1S/C24H24N4O3S/c1-24(2,3)26-22(29)21(17-10-13-31-15-17)28(23(30)20-5-4-14-32-20)19-8-6-18(7-9-19)27-12-11-25-16-27/h4-16,21H,1-3H3,(H,26,29).